The van der Waals surface area contributed by atoms with Crippen molar-refractivity contribution < 1.29 is 14.6 Å². The number of aryl methyl sites for hydroxylation is 1. The van der Waals surface area contributed by atoms with Crippen molar-refractivity contribution in [1.82, 2.24) is 25.1 Å². The Labute approximate surface area is 134 Å². The first kappa shape index (κ1) is 17.1. The highest BCUT2D eigenvalue weighted by Crippen LogP contribution is 2.10. The first-order chi connectivity index (χ1) is 11.0. The maximum absolute atomic E-state index is 11.9. The molecule has 0 radical (unpaired) electrons. The molecular formula is C15H23N5O3. The SMILES string of the molecule is COc1ccc2nnc(CCCC(=O)N[C@H](CO)C(C)C)n2n1. The van der Waals surface area contributed by atoms with Gasteiger partial charge in [0.05, 0.1) is 19.8 Å². The molecule has 0 aromatic carbocycles. The Bertz CT molecular complexity index is 656. The van der Waals surface area contributed by atoms with E-state index in [4.69, 9.17) is 4.74 Å². The molecule has 0 unspecified atom stereocenters. The zero-order valence-corrected chi connectivity index (χ0v) is 13.7. The zero-order chi connectivity index (χ0) is 16.8. The first-order valence-corrected chi connectivity index (χ1v) is 7.70. The molecule has 0 aliphatic heterocycles. The molecule has 0 aliphatic carbocycles. The lowest BCUT2D eigenvalue weighted by Crippen LogP contribution is -2.41. The van der Waals surface area contributed by atoms with Crippen LogP contribution in [0.2, 0.25) is 0 Å². The van der Waals surface area contributed by atoms with Crippen LogP contribution in [-0.4, -0.2) is 50.6 Å². The van der Waals surface area contributed by atoms with Crippen LogP contribution in [0.5, 0.6) is 5.88 Å². The fourth-order valence-corrected chi connectivity index (χ4v) is 2.19. The molecule has 1 atom stereocenters. The van der Waals surface area contributed by atoms with Crippen LogP contribution in [0.15, 0.2) is 12.1 Å². The van der Waals surface area contributed by atoms with Crippen LogP contribution in [0.1, 0.15) is 32.5 Å². The minimum Gasteiger partial charge on any atom is -0.480 e. The quantitative estimate of drug-likeness (QED) is 0.738. The van der Waals surface area contributed by atoms with Crippen LogP contribution in [-0.2, 0) is 11.2 Å². The molecule has 0 saturated heterocycles. The van der Waals surface area contributed by atoms with Crippen LogP contribution >= 0.6 is 0 Å². The lowest BCUT2D eigenvalue weighted by atomic mass is 10.1. The Hall–Kier alpha value is -2.22. The summed E-state index contributed by atoms with van der Waals surface area (Å²) in [5, 5.41) is 24.5. The van der Waals surface area contributed by atoms with Crippen molar-refractivity contribution in [2.75, 3.05) is 13.7 Å². The van der Waals surface area contributed by atoms with E-state index in [-0.39, 0.29) is 24.5 Å². The summed E-state index contributed by atoms with van der Waals surface area (Å²) in [4.78, 5) is 11.9. The molecule has 2 aromatic rings. The highest BCUT2D eigenvalue weighted by atomic mass is 16.5. The number of amides is 1. The standard InChI is InChI=1S/C15H23N5O3/c1-10(2)11(9-21)16-14(22)6-4-5-12-17-18-13-7-8-15(23-3)19-20(12)13/h7-8,10-11,21H,4-6,9H2,1-3H3,(H,16,22)/t11-/m1/s1. The van der Waals surface area contributed by atoms with E-state index in [2.05, 4.69) is 20.6 Å². The number of fused-ring (bicyclic) bond motifs is 1. The fourth-order valence-electron chi connectivity index (χ4n) is 2.19. The van der Waals surface area contributed by atoms with Gasteiger partial charge >= 0.3 is 0 Å². The summed E-state index contributed by atoms with van der Waals surface area (Å²) in [6.07, 6.45) is 1.57. The Kier molecular flexibility index (Phi) is 5.86. The van der Waals surface area contributed by atoms with E-state index in [1.165, 1.54) is 0 Å². The third kappa shape index (κ3) is 4.38. The van der Waals surface area contributed by atoms with Gasteiger partial charge in [-0.15, -0.1) is 15.3 Å². The second-order valence-electron chi connectivity index (χ2n) is 5.72. The van der Waals surface area contributed by atoms with Crippen LogP contribution < -0.4 is 10.1 Å². The number of hydrogen-bond acceptors (Lipinski definition) is 6. The minimum absolute atomic E-state index is 0.0536. The zero-order valence-electron chi connectivity index (χ0n) is 13.7. The molecule has 0 aliphatic rings. The third-order valence-corrected chi connectivity index (χ3v) is 3.66. The summed E-state index contributed by atoms with van der Waals surface area (Å²) in [5.74, 6) is 1.30. The predicted molar refractivity (Wildman–Crippen MR) is 84.1 cm³/mol. The highest BCUT2D eigenvalue weighted by Gasteiger charge is 2.15. The van der Waals surface area contributed by atoms with Crippen molar-refractivity contribution in [3.63, 3.8) is 0 Å². The average Bonchev–Trinajstić information content (AvgIpc) is 2.94. The van der Waals surface area contributed by atoms with Gasteiger partial charge in [0.1, 0.15) is 0 Å². The fraction of sp³-hybridized carbons (Fsp3) is 0.600. The van der Waals surface area contributed by atoms with Crippen LogP contribution in [0, 0.1) is 5.92 Å². The van der Waals surface area contributed by atoms with Crippen molar-refractivity contribution in [1.29, 1.82) is 0 Å². The van der Waals surface area contributed by atoms with Gasteiger partial charge in [0.2, 0.25) is 11.8 Å². The molecule has 0 spiro atoms. The number of nitrogens with one attached hydrogen (secondary N) is 1. The van der Waals surface area contributed by atoms with E-state index in [0.717, 1.165) is 0 Å². The number of aliphatic hydroxyl groups excluding tert-OH is 1. The van der Waals surface area contributed by atoms with Crippen molar-refractivity contribution in [3.05, 3.63) is 18.0 Å². The van der Waals surface area contributed by atoms with Crippen molar-refractivity contribution in [2.45, 2.75) is 39.2 Å². The molecule has 0 fully saturated rings. The third-order valence-electron chi connectivity index (χ3n) is 3.66. The van der Waals surface area contributed by atoms with Crippen LogP contribution in [0.3, 0.4) is 0 Å². The van der Waals surface area contributed by atoms with Gasteiger partial charge in [-0.1, -0.05) is 13.8 Å². The summed E-state index contributed by atoms with van der Waals surface area (Å²) in [6.45, 7) is 3.87. The minimum atomic E-state index is -0.206. The number of aliphatic hydroxyl groups is 1. The van der Waals surface area contributed by atoms with Gasteiger partial charge in [-0.2, -0.15) is 4.52 Å². The molecule has 0 saturated carbocycles. The van der Waals surface area contributed by atoms with Crippen molar-refractivity contribution in [2.24, 2.45) is 5.92 Å². The number of carbonyl (C=O) groups excluding carboxylic acids is 1. The summed E-state index contributed by atoms with van der Waals surface area (Å²) < 4.78 is 6.72. The maximum Gasteiger partial charge on any atom is 0.231 e. The number of nitrogens with zero attached hydrogens (tertiary/aromatic N) is 4. The number of carbonyl (C=O) groups is 1. The number of methoxy groups -OCH3 is 1. The van der Waals surface area contributed by atoms with E-state index in [0.29, 0.717) is 36.6 Å². The molecular weight excluding hydrogens is 298 g/mol. The summed E-state index contributed by atoms with van der Waals surface area (Å²) in [5.41, 5.74) is 0.644. The van der Waals surface area contributed by atoms with Gasteiger partial charge in [0.15, 0.2) is 11.5 Å². The van der Waals surface area contributed by atoms with Crippen LogP contribution in [0.4, 0.5) is 0 Å². The van der Waals surface area contributed by atoms with Gasteiger partial charge < -0.3 is 15.2 Å². The van der Waals surface area contributed by atoms with E-state index < -0.39 is 0 Å². The smallest absolute Gasteiger partial charge is 0.231 e. The molecule has 126 valence electrons. The predicted octanol–water partition coefficient (Wildman–Crippen LogP) is 0.589. The maximum atomic E-state index is 11.9. The molecule has 2 heterocycles. The topological polar surface area (TPSA) is 102 Å². The van der Waals surface area contributed by atoms with Crippen molar-refractivity contribution >= 4 is 11.6 Å². The largest absolute Gasteiger partial charge is 0.480 e. The Balaban J connectivity index is 1.90. The molecule has 8 heteroatoms. The van der Waals surface area contributed by atoms with Gasteiger partial charge in [-0.05, 0) is 18.4 Å². The van der Waals surface area contributed by atoms with E-state index >= 15 is 0 Å². The molecule has 0 bridgehead atoms. The van der Waals surface area contributed by atoms with Crippen LogP contribution in [0.25, 0.3) is 5.65 Å². The molecule has 2 aromatic heterocycles. The highest BCUT2D eigenvalue weighted by molar-refractivity contribution is 5.76. The van der Waals surface area contributed by atoms with Gasteiger partial charge in [-0.3, -0.25) is 4.79 Å². The number of rotatable bonds is 8. The van der Waals surface area contributed by atoms with Gasteiger partial charge in [0, 0.05) is 18.9 Å². The first-order valence-electron chi connectivity index (χ1n) is 7.70. The van der Waals surface area contributed by atoms with E-state index in [1.807, 2.05) is 13.8 Å². The summed E-state index contributed by atoms with van der Waals surface area (Å²) in [6, 6.07) is 3.30. The van der Waals surface area contributed by atoms with Gasteiger partial charge in [-0.25, -0.2) is 0 Å². The monoisotopic (exact) mass is 321 g/mol. The molecule has 2 N–H and O–H groups in total. The number of aromatic nitrogens is 4. The lowest BCUT2D eigenvalue weighted by Gasteiger charge is -2.19. The lowest BCUT2D eigenvalue weighted by molar-refractivity contribution is -0.122. The molecule has 8 nitrogen and oxygen atoms in total. The summed E-state index contributed by atoms with van der Waals surface area (Å²) >= 11 is 0. The number of hydrogen-bond donors (Lipinski definition) is 2. The average molecular weight is 321 g/mol. The number of ether oxygens (including phenoxy) is 1. The Morgan fingerprint density at radius 2 is 2.17 bits per heavy atom. The van der Waals surface area contributed by atoms with E-state index in [1.54, 1.807) is 23.8 Å². The molecule has 2 rings (SSSR count). The molecule has 1 amide bonds. The Morgan fingerprint density at radius 3 is 2.83 bits per heavy atom. The normalized spacial score (nSPS) is 12.6. The van der Waals surface area contributed by atoms with Gasteiger partial charge in [0.25, 0.3) is 0 Å². The summed E-state index contributed by atoms with van der Waals surface area (Å²) in [7, 11) is 1.55. The Morgan fingerprint density at radius 1 is 1.39 bits per heavy atom. The second kappa shape index (κ2) is 7.87. The van der Waals surface area contributed by atoms with E-state index in [9.17, 15) is 9.90 Å². The second-order valence-corrected chi connectivity index (χ2v) is 5.72. The van der Waals surface area contributed by atoms with Crippen molar-refractivity contribution in [3.8, 4) is 5.88 Å². The molecule has 23 heavy (non-hydrogen) atoms.